The van der Waals surface area contributed by atoms with Crippen molar-refractivity contribution in [2.24, 2.45) is 0 Å². The fraction of sp³-hybridized carbons (Fsp3) is 0.633. The number of ether oxygens (including phenoxy) is 2. The van der Waals surface area contributed by atoms with Gasteiger partial charge in [-0.3, -0.25) is 9.69 Å². The van der Waals surface area contributed by atoms with Crippen molar-refractivity contribution < 1.29 is 22.6 Å². The van der Waals surface area contributed by atoms with Crippen molar-refractivity contribution in [2.75, 3.05) is 46.1 Å². The molecule has 9 heteroatoms. The molecule has 1 aliphatic heterocycles. The lowest BCUT2D eigenvalue weighted by Gasteiger charge is -2.26. The maximum absolute atomic E-state index is 13.9. The molecule has 39 heavy (non-hydrogen) atoms. The molecule has 0 radical (unpaired) electrons. The van der Waals surface area contributed by atoms with Crippen LogP contribution in [0.2, 0.25) is 0 Å². The van der Waals surface area contributed by atoms with Gasteiger partial charge in [-0.1, -0.05) is 39.0 Å². The van der Waals surface area contributed by atoms with Gasteiger partial charge < -0.3 is 19.0 Å². The SMILES string of the molecule is CCc1c(C)c2c3c(C(F)(F)F)cc(=O)[nH]c3ccc2n1CCCCCCCCCOCCN1CCOCC1. The molecule has 0 atom stereocenters. The number of aromatic nitrogens is 2. The first-order chi connectivity index (χ1) is 18.8. The summed E-state index contributed by atoms with van der Waals surface area (Å²) in [4.78, 5) is 16.9. The molecule has 0 aliphatic carbocycles. The van der Waals surface area contributed by atoms with Crippen LogP contribution in [-0.2, 0) is 28.6 Å². The Kier molecular flexibility index (Phi) is 10.5. The van der Waals surface area contributed by atoms with Crippen LogP contribution < -0.4 is 5.56 Å². The summed E-state index contributed by atoms with van der Waals surface area (Å²) in [5, 5.41) is 0.690. The monoisotopic (exact) mass is 549 g/mol. The van der Waals surface area contributed by atoms with E-state index in [1.165, 1.54) is 19.3 Å². The van der Waals surface area contributed by atoms with E-state index in [9.17, 15) is 18.0 Å². The van der Waals surface area contributed by atoms with Crippen molar-refractivity contribution in [1.29, 1.82) is 0 Å². The third-order valence-electron chi connectivity index (χ3n) is 7.88. The number of alkyl halides is 3. The summed E-state index contributed by atoms with van der Waals surface area (Å²) >= 11 is 0. The molecule has 1 fully saturated rings. The molecule has 1 saturated heterocycles. The van der Waals surface area contributed by atoms with Gasteiger partial charge in [0.25, 0.3) is 0 Å². The summed E-state index contributed by atoms with van der Waals surface area (Å²) in [5.74, 6) is 0. The van der Waals surface area contributed by atoms with E-state index in [4.69, 9.17) is 9.47 Å². The normalized spacial score (nSPS) is 15.1. The van der Waals surface area contributed by atoms with Crippen LogP contribution in [0.3, 0.4) is 0 Å². The minimum atomic E-state index is -4.60. The average molecular weight is 550 g/mol. The van der Waals surface area contributed by atoms with Gasteiger partial charge in [-0.25, -0.2) is 0 Å². The number of nitrogens with zero attached hydrogens (tertiary/aromatic N) is 2. The number of rotatable bonds is 14. The number of fused-ring (bicyclic) bond motifs is 3. The van der Waals surface area contributed by atoms with Gasteiger partial charge in [0.2, 0.25) is 5.56 Å². The second kappa shape index (κ2) is 13.8. The minimum Gasteiger partial charge on any atom is -0.380 e. The standard InChI is InChI=1S/C30H42F3N3O3/c1-3-25-22(2)28-26(12-11-24-29(28)23(30(31,32)33)21-27(37)34-24)36(25)13-9-7-5-4-6-8-10-17-38-18-14-35-15-19-39-20-16-35/h11-12,21H,3-10,13-20H2,1-2H3,(H,34,37). The number of morpholine rings is 1. The summed E-state index contributed by atoms with van der Waals surface area (Å²) in [6, 6.07) is 4.14. The largest absolute Gasteiger partial charge is 0.417 e. The average Bonchev–Trinajstić information content (AvgIpc) is 3.19. The lowest BCUT2D eigenvalue weighted by Crippen LogP contribution is -2.38. The Morgan fingerprint density at radius 3 is 2.33 bits per heavy atom. The molecule has 3 heterocycles. The number of hydrogen-bond acceptors (Lipinski definition) is 4. The summed E-state index contributed by atoms with van der Waals surface area (Å²) in [5.41, 5.74) is 1.36. The minimum absolute atomic E-state index is 0.0932. The molecular formula is C30H42F3N3O3. The predicted molar refractivity (Wildman–Crippen MR) is 150 cm³/mol. The molecule has 216 valence electrons. The van der Waals surface area contributed by atoms with E-state index in [1.807, 2.05) is 19.9 Å². The van der Waals surface area contributed by atoms with E-state index in [2.05, 4.69) is 14.5 Å². The quantitative estimate of drug-likeness (QED) is 0.235. The molecule has 3 aromatic rings. The Morgan fingerprint density at radius 1 is 0.949 bits per heavy atom. The van der Waals surface area contributed by atoms with Gasteiger partial charge >= 0.3 is 6.18 Å². The topological polar surface area (TPSA) is 59.5 Å². The lowest BCUT2D eigenvalue weighted by atomic mass is 10.0. The summed E-state index contributed by atoms with van der Waals surface area (Å²) in [6.07, 6.45) is 4.02. The number of nitrogens with one attached hydrogen (secondary N) is 1. The van der Waals surface area contributed by atoms with Crippen molar-refractivity contribution >= 4 is 21.8 Å². The molecule has 0 spiro atoms. The molecule has 1 aromatic carbocycles. The van der Waals surface area contributed by atoms with Gasteiger partial charge in [-0.15, -0.1) is 0 Å². The van der Waals surface area contributed by atoms with Crippen molar-refractivity contribution in [2.45, 2.75) is 77.9 Å². The molecule has 0 unspecified atom stereocenters. The van der Waals surface area contributed by atoms with Gasteiger partial charge in [0, 0.05) is 66.4 Å². The van der Waals surface area contributed by atoms with Crippen molar-refractivity contribution in [3.63, 3.8) is 0 Å². The van der Waals surface area contributed by atoms with Gasteiger partial charge in [0.05, 0.1) is 25.4 Å². The zero-order chi connectivity index (χ0) is 27.8. The molecule has 2 aromatic heterocycles. The van der Waals surface area contributed by atoms with E-state index >= 15 is 0 Å². The fourth-order valence-electron chi connectivity index (χ4n) is 5.86. The molecule has 4 rings (SSSR count). The van der Waals surface area contributed by atoms with Crippen LogP contribution in [-0.4, -0.2) is 60.5 Å². The van der Waals surface area contributed by atoms with E-state index in [1.54, 1.807) is 6.07 Å². The maximum atomic E-state index is 13.9. The number of H-pyrrole nitrogens is 1. The second-order valence-electron chi connectivity index (χ2n) is 10.5. The fourth-order valence-corrected chi connectivity index (χ4v) is 5.86. The lowest BCUT2D eigenvalue weighted by molar-refractivity contribution is -0.136. The third-order valence-corrected chi connectivity index (χ3v) is 7.88. The Morgan fingerprint density at radius 2 is 1.64 bits per heavy atom. The molecule has 1 N–H and O–H groups in total. The Balaban J connectivity index is 1.25. The number of aryl methyl sites for hydroxylation is 2. The van der Waals surface area contributed by atoms with Gasteiger partial charge in [0.15, 0.2) is 0 Å². The summed E-state index contributed by atoms with van der Waals surface area (Å²) in [7, 11) is 0. The zero-order valence-corrected chi connectivity index (χ0v) is 23.3. The predicted octanol–water partition coefficient (Wildman–Crippen LogP) is 6.45. The highest BCUT2D eigenvalue weighted by Crippen LogP contribution is 2.39. The number of pyridine rings is 1. The highest BCUT2D eigenvalue weighted by Gasteiger charge is 2.34. The van der Waals surface area contributed by atoms with E-state index in [-0.39, 0.29) is 10.9 Å². The van der Waals surface area contributed by atoms with E-state index < -0.39 is 17.3 Å². The van der Waals surface area contributed by atoms with Crippen LogP contribution in [0.1, 0.15) is 68.7 Å². The summed E-state index contributed by atoms with van der Waals surface area (Å²) in [6.45, 7) is 11.0. The Labute approximate surface area is 228 Å². The second-order valence-corrected chi connectivity index (χ2v) is 10.5. The van der Waals surface area contributed by atoms with Crippen LogP contribution in [0.25, 0.3) is 21.8 Å². The highest BCUT2D eigenvalue weighted by atomic mass is 19.4. The number of benzene rings is 1. The van der Waals surface area contributed by atoms with Crippen LogP contribution in [0, 0.1) is 6.92 Å². The van der Waals surface area contributed by atoms with Gasteiger partial charge in [-0.2, -0.15) is 13.2 Å². The van der Waals surface area contributed by atoms with Gasteiger partial charge in [0.1, 0.15) is 0 Å². The van der Waals surface area contributed by atoms with Crippen LogP contribution in [0.5, 0.6) is 0 Å². The number of aromatic amines is 1. The molecule has 0 saturated carbocycles. The van der Waals surface area contributed by atoms with Crippen molar-refractivity contribution in [3.05, 3.63) is 45.4 Å². The number of hydrogen-bond donors (Lipinski definition) is 1. The number of halogens is 3. The van der Waals surface area contributed by atoms with Gasteiger partial charge in [-0.05, 0) is 43.9 Å². The zero-order valence-electron chi connectivity index (χ0n) is 23.3. The molecule has 1 aliphatic rings. The molecular weight excluding hydrogens is 507 g/mol. The first-order valence-corrected chi connectivity index (χ1v) is 14.4. The van der Waals surface area contributed by atoms with E-state index in [0.717, 1.165) is 101 Å². The Hall–Kier alpha value is -2.36. The van der Waals surface area contributed by atoms with Crippen molar-refractivity contribution in [1.82, 2.24) is 14.5 Å². The third kappa shape index (κ3) is 7.44. The highest BCUT2D eigenvalue weighted by molar-refractivity contribution is 6.09. The number of unbranched alkanes of at least 4 members (excludes halogenated alkanes) is 6. The van der Waals surface area contributed by atoms with E-state index in [0.29, 0.717) is 11.5 Å². The smallest absolute Gasteiger partial charge is 0.380 e. The molecule has 0 bridgehead atoms. The Bertz CT molecular complexity index is 1280. The summed E-state index contributed by atoms with van der Waals surface area (Å²) < 4.78 is 55.0. The maximum Gasteiger partial charge on any atom is 0.417 e. The van der Waals surface area contributed by atoms with Crippen LogP contribution in [0.15, 0.2) is 23.0 Å². The molecule has 6 nitrogen and oxygen atoms in total. The van der Waals surface area contributed by atoms with Crippen LogP contribution in [0.4, 0.5) is 13.2 Å². The van der Waals surface area contributed by atoms with Crippen LogP contribution >= 0.6 is 0 Å². The first kappa shape index (κ1) is 29.6. The molecule has 0 amide bonds. The van der Waals surface area contributed by atoms with Crippen molar-refractivity contribution in [3.8, 4) is 0 Å². The first-order valence-electron chi connectivity index (χ1n) is 14.4.